The monoisotopic (exact) mass is 546 g/mol. The topological polar surface area (TPSA) is 86.7 Å². The minimum atomic E-state index is -0.955. The highest BCUT2D eigenvalue weighted by atomic mass is 19.1. The number of pyridine rings is 1. The van der Waals surface area contributed by atoms with Crippen LogP contribution in [0.25, 0.3) is 0 Å². The molecule has 1 amide bonds. The summed E-state index contributed by atoms with van der Waals surface area (Å²) in [4.78, 5) is 19.5. The highest BCUT2D eigenvalue weighted by Gasteiger charge is 2.23. The zero-order valence-electron chi connectivity index (χ0n) is 23.3. The number of aromatic nitrogens is 1. The van der Waals surface area contributed by atoms with Gasteiger partial charge in [0.25, 0.3) is 5.91 Å². The van der Waals surface area contributed by atoms with Gasteiger partial charge in [-0.1, -0.05) is 49.9 Å². The Morgan fingerprint density at radius 1 is 1.12 bits per heavy atom. The summed E-state index contributed by atoms with van der Waals surface area (Å²) in [6, 6.07) is 15.2. The molecule has 0 unspecified atom stereocenters. The van der Waals surface area contributed by atoms with Crippen LogP contribution in [0.3, 0.4) is 0 Å². The molecule has 212 valence electrons. The number of ether oxygens (including phenoxy) is 1. The Balaban J connectivity index is 1.78. The summed E-state index contributed by atoms with van der Waals surface area (Å²) in [5.41, 5.74) is 3.33. The quantitative estimate of drug-likeness (QED) is 0.230. The van der Waals surface area contributed by atoms with E-state index in [1.807, 2.05) is 24.1 Å². The van der Waals surface area contributed by atoms with Crippen molar-refractivity contribution in [3.8, 4) is 5.75 Å². The van der Waals surface area contributed by atoms with E-state index in [1.54, 1.807) is 36.5 Å². The minimum absolute atomic E-state index is 0.191. The lowest BCUT2D eigenvalue weighted by atomic mass is 10.00. The number of hydrogen-bond acceptors (Lipinski definition) is 6. The summed E-state index contributed by atoms with van der Waals surface area (Å²) >= 11 is 0. The van der Waals surface area contributed by atoms with Crippen LogP contribution in [0.5, 0.6) is 5.75 Å². The zero-order chi connectivity index (χ0) is 28.9. The maximum atomic E-state index is 14.4. The average Bonchev–Trinajstić information content (AvgIpc) is 2.95. The standard InChI is InChI=1S/C32H39FN4O3/c1-5-13-37(4)31-19-26(11-12-35-31)32(39)36-29(18-25-16-27(33)20-28(17-25)40-14-6-2)30(38)22-34-21-24-10-8-9-23(7-3)15-24/h5-6,8-12,15-17,19-20,29-30,34,38H,1-2,7,13-14,18,21-22H2,3-4H3,(H,36,39)/t29-,30-/m0/s1. The molecule has 0 aliphatic heterocycles. The third-order valence-electron chi connectivity index (χ3n) is 6.42. The van der Waals surface area contributed by atoms with E-state index in [9.17, 15) is 14.3 Å². The summed E-state index contributed by atoms with van der Waals surface area (Å²) in [7, 11) is 1.86. The molecule has 8 heteroatoms. The SMILES string of the molecule is C=CCOc1cc(F)cc(C[C@H](NC(=O)c2ccnc(N(C)CC=C)c2)[C@@H](O)CNCc2cccc(CC)c2)c1. The van der Waals surface area contributed by atoms with E-state index in [1.165, 1.54) is 17.7 Å². The molecule has 0 spiro atoms. The molecular formula is C32H39FN4O3. The number of likely N-dealkylation sites (N-methyl/N-ethyl adjacent to an activating group) is 1. The Kier molecular flexibility index (Phi) is 11.9. The molecule has 0 saturated heterocycles. The Bertz CT molecular complexity index is 1280. The highest BCUT2D eigenvalue weighted by Crippen LogP contribution is 2.19. The second kappa shape index (κ2) is 15.5. The molecule has 0 radical (unpaired) electrons. The molecule has 0 bridgehead atoms. The highest BCUT2D eigenvalue weighted by molar-refractivity contribution is 5.95. The van der Waals surface area contributed by atoms with Gasteiger partial charge in [-0.15, -0.1) is 6.58 Å². The first-order valence-electron chi connectivity index (χ1n) is 13.4. The molecule has 0 aliphatic rings. The first-order chi connectivity index (χ1) is 19.3. The van der Waals surface area contributed by atoms with Gasteiger partial charge >= 0.3 is 0 Å². The number of hydrogen-bond donors (Lipinski definition) is 3. The van der Waals surface area contributed by atoms with Crippen molar-refractivity contribution >= 4 is 11.7 Å². The number of anilines is 1. The van der Waals surface area contributed by atoms with Crippen LogP contribution in [-0.4, -0.2) is 54.9 Å². The fraction of sp³-hybridized carbons (Fsp3) is 0.312. The second-order valence-corrected chi connectivity index (χ2v) is 9.62. The van der Waals surface area contributed by atoms with Crippen LogP contribution in [0.2, 0.25) is 0 Å². The van der Waals surface area contributed by atoms with Crippen LogP contribution in [0.4, 0.5) is 10.2 Å². The summed E-state index contributed by atoms with van der Waals surface area (Å²) < 4.78 is 19.9. The van der Waals surface area contributed by atoms with E-state index in [2.05, 4.69) is 47.8 Å². The van der Waals surface area contributed by atoms with Gasteiger partial charge in [0.1, 0.15) is 24.0 Å². The normalized spacial score (nSPS) is 12.3. The number of carbonyl (C=O) groups is 1. The number of halogens is 1. The van der Waals surface area contributed by atoms with Gasteiger partial charge in [-0.2, -0.15) is 0 Å². The largest absolute Gasteiger partial charge is 0.489 e. The average molecular weight is 547 g/mol. The van der Waals surface area contributed by atoms with Crippen molar-refractivity contribution in [2.24, 2.45) is 0 Å². The molecule has 3 N–H and O–H groups in total. The van der Waals surface area contributed by atoms with Crippen LogP contribution < -0.4 is 20.3 Å². The molecule has 0 saturated carbocycles. The molecule has 1 aromatic heterocycles. The number of carbonyl (C=O) groups excluding carboxylic acids is 1. The fourth-order valence-corrected chi connectivity index (χ4v) is 4.29. The number of nitrogens with one attached hydrogen (secondary N) is 2. The molecule has 0 fully saturated rings. The molecule has 0 aliphatic carbocycles. The number of aliphatic hydroxyl groups is 1. The van der Waals surface area contributed by atoms with Crippen molar-refractivity contribution in [2.75, 3.05) is 31.6 Å². The molecule has 3 rings (SSSR count). The Hall–Kier alpha value is -4.01. The molecule has 2 atom stereocenters. The smallest absolute Gasteiger partial charge is 0.251 e. The number of rotatable bonds is 16. The maximum absolute atomic E-state index is 14.4. The first-order valence-corrected chi connectivity index (χ1v) is 13.4. The van der Waals surface area contributed by atoms with Gasteiger partial charge in [0.15, 0.2) is 0 Å². The predicted octanol–water partition coefficient (Wildman–Crippen LogP) is 4.46. The van der Waals surface area contributed by atoms with Crippen LogP contribution >= 0.6 is 0 Å². The molecule has 7 nitrogen and oxygen atoms in total. The van der Waals surface area contributed by atoms with Gasteiger partial charge in [0.05, 0.1) is 12.1 Å². The van der Waals surface area contributed by atoms with E-state index in [4.69, 9.17) is 4.74 Å². The first kappa shape index (κ1) is 30.5. The van der Waals surface area contributed by atoms with Crippen molar-refractivity contribution in [3.05, 3.63) is 114 Å². The van der Waals surface area contributed by atoms with E-state index in [0.717, 1.165) is 12.0 Å². The third kappa shape index (κ3) is 9.32. The summed E-state index contributed by atoms with van der Waals surface area (Å²) in [6.07, 6.45) is 5.07. The van der Waals surface area contributed by atoms with Crippen molar-refractivity contribution in [2.45, 2.75) is 38.5 Å². The summed E-state index contributed by atoms with van der Waals surface area (Å²) in [5, 5.41) is 17.4. The van der Waals surface area contributed by atoms with Crippen molar-refractivity contribution in [1.29, 1.82) is 0 Å². The van der Waals surface area contributed by atoms with Crippen molar-refractivity contribution in [3.63, 3.8) is 0 Å². The zero-order valence-corrected chi connectivity index (χ0v) is 23.3. The summed E-state index contributed by atoms with van der Waals surface area (Å²) in [6.45, 7) is 11.1. The van der Waals surface area contributed by atoms with Crippen molar-refractivity contribution in [1.82, 2.24) is 15.6 Å². The molecule has 2 aromatic carbocycles. The molecule has 1 heterocycles. The Morgan fingerprint density at radius 2 is 1.93 bits per heavy atom. The molecule has 3 aromatic rings. The third-order valence-corrected chi connectivity index (χ3v) is 6.42. The van der Waals surface area contributed by atoms with Gasteiger partial charge in [0.2, 0.25) is 0 Å². The van der Waals surface area contributed by atoms with Gasteiger partial charge < -0.3 is 25.4 Å². The number of benzene rings is 2. The van der Waals surface area contributed by atoms with Crippen molar-refractivity contribution < 1.29 is 19.0 Å². The lowest BCUT2D eigenvalue weighted by Crippen LogP contribution is -2.48. The Labute approximate surface area is 236 Å². The van der Waals surface area contributed by atoms with E-state index in [0.29, 0.717) is 35.8 Å². The fourth-order valence-electron chi connectivity index (χ4n) is 4.29. The van der Waals surface area contributed by atoms with E-state index >= 15 is 0 Å². The van der Waals surface area contributed by atoms with Gasteiger partial charge in [-0.3, -0.25) is 4.79 Å². The minimum Gasteiger partial charge on any atom is -0.489 e. The maximum Gasteiger partial charge on any atom is 0.251 e. The van der Waals surface area contributed by atoms with Crippen LogP contribution in [0.15, 0.2) is 86.1 Å². The van der Waals surface area contributed by atoms with Crippen LogP contribution in [0.1, 0.15) is 34.0 Å². The van der Waals surface area contributed by atoms with Gasteiger partial charge in [-0.25, -0.2) is 9.37 Å². The number of aryl methyl sites for hydroxylation is 1. The number of nitrogens with zero attached hydrogens (tertiary/aromatic N) is 2. The lowest BCUT2D eigenvalue weighted by molar-refractivity contribution is 0.0829. The van der Waals surface area contributed by atoms with Crippen LogP contribution in [0, 0.1) is 5.82 Å². The van der Waals surface area contributed by atoms with Gasteiger partial charge in [-0.05, 0) is 53.8 Å². The van der Waals surface area contributed by atoms with Gasteiger partial charge in [0, 0.05) is 44.5 Å². The summed E-state index contributed by atoms with van der Waals surface area (Å²) in [5.74, 6) is 0.145. The lowest BCUT2D eigenvalue weighted by Gasteiger charge is -2.25. The van der Waals surface area contributed by atoms with Crippen LogP contribution in [-0.2, 0) is 19.4 Å². The number of amides is 1. The predicted molar refractivity (Wildman–Crippen MR) is 158 cm³/mol. The molecular weight excluding hydrogens is 507 g/mol. The van der Waals surface area contributed by atoms with E-state index in [-0.39, 0.29) is 25.5 Å². The van der Waals surface area contributed by atoms with E-state index < -0.39 is 18.0 Å². The second-order valence-electron chi connectivity index (χ2n) is 9.62. The number of aliphatic hydroxyl groups excluding tert-OH is 1. The molecule has 40 heavy (non-hydrogen) atoms. The Morgan fingerprint density at radius 3 is 2.67 bits per heavy atom.